The fourth-order valence-corrected chi connectivity index (χ4v) is 0.570. The van der Waals surface area contributed by atoms with E-state index >= 15 is 0 Å². The van der Waals surface area contributed by atoms with Crippen molar-refractivity contribution in [1.29, 1.82) is 0 Å². The number of aliphatic carboxylic acids is 1. The molecule has 0 fully saturated rings. The molecule has 0 amide bonds. The molecule has 4 nitrogen and oxygen atoms in total. The van der Waals surface area contributed by atoms with Gasteiger partial charge in [-0.2, -0.15) is 0 Å². The highest BCUT2D eigenvalue weighted by atomic mass is 31.1. The number of hydrogen-bond acceptors (Lipinski definition) is 3. The highest BCUT2D eigenvalue weighted by molar-refractivity contribution is 7.17. The van der Waals surface area contributed by atoms with E-state index < -0.39 is 11.9 Å². The summed E-state index contributed by atoms with van der Waals surface area (Å²) in [6.07, 6.45) is 0.393. The normalized spacial score (nSPS) is 13.3. The zero-order chi connectivity index (χ0) is 7.98. The van der Waals surface area contributed by atoms with Crippen LogP contribution in [0.3, 0.4) is 0 Å². The number of carboxylic acid groups (broad SMARTS) is 1. The lowest BCUT2D eigenvalue weighted by Crippen LogP contribution is -2.10. The van der Waals surface area contributed by atoms with Crippen LogP contribution in [-0.2, 0) is 13.9 Å². The molecule has 0 aliphatic heterocycles. The molecule has 1 atom stereocenters. The first-order valence-corrected chi connectivity index (χ1v) is 3.59. The molecule has 0 aliphatic rings. The Balaban J connectivity index is 3.30. The zero-order valence-electron chi connectivity index (χ0n) is 5.61. The van der Waals surface area contributed by atoms with E-state index in [4.69, 9.17) is 5.11 Å². The van der Waals surface area contributed by atoms with Gasteiger partial charge in [-0.1, -0.05) is 6.92 Å². The summed E-state index contributed by atoms with van der Waals surface area (Å²) in [5, 5.41) is 8.35. The SMILES string of the molecule is CC(CCOP=O)C(=O)O. The zero-order valence-corrected chi connectivity index (χ0v) is 6.51. The van der Waals surface area contributed by atoms with Crippen molar-refractivity contribution in [3.63, 3.8) is 0 Å². The van der Waals surface area contributed by atoms with Gasteiger partial charge in [-0.05, 0) is 6.42 Å². The average molecular weight is 164 g/mol. The molecule has 0 radical (unpaired) electrons. The largest absolute Gasteiger partial charge is 0.481 e. The van der Waals surface area contributed by atoms with Crippen molar-refractivity contribution in [2.75, 3.05) is 6.61 Å². The molecule has 0 bridgehead atoms. The van der Waals surface area contributed by atoms with E-state index in [-0.39, 0.29) is 15.3 Å². The van der Waals surface area contributed by atoms with Gasteiger partial charge in [-0.3, -0.25) is 9.32 Å². The van der Waals surface area contributed by atoms with Gasteiger partial charge in [0.2, 0.25) is 0 Å². The third-order valence-electron chi connectivity index (χ3n) is 1.12. The molecule has 1 N–H and O–H groups in total. The summed E-state index contributed by atoms with van der Waals surface area (Å²) in [5.41, 5.74) is 0. The van der Waals surface area contributed by atoms with Crippen molar-refractivity contribution >= 4 is 14.7 Å². The van der Waals surface area contributed by atoms with Crippen LogP contribution in [0.25, 0.3) is 0 Å². The minimum absolute atomic E-state index is 0.221. The quantitative estimate of drug-likeness (QED) is 0.491. The van der Waals surface area contributed by atoms with Crippen molar-refractivity contribution < 1.29 is 19.0 Å². The van der Waals surface area contributed by atoms with E-state index in [0.717, 1.165) is 0 Å². The molecule has 0 aromatic carbocycles. The topological polar surface area (TPSA) is 63.6 Å². The highest BCUT2D eigenvalue weighted by Crippen LogP contribution is 2.04. The van der Waals surface area contributed by atoms with Crippen LogP contribution in [0.2, 0.25) is 0 Å². The fraction of sp³-hybridized carbons (Fsp3) is 0.800. The smallest absolute Gasteiger partial charge is 0.327 e. The average Bonchev–Trinajstić information content (AvgIpc) is 1.88. The maximum atomic E-state index is 10.2. The van der Waals surface area contributed by atoms with Crippen molar-refractivity contribution in [1.82, 2.24) is 0 Å². The van der Waals surface area contributed by atoms with Crippen molar-refractivity contribution in [2.24, 2.45) is 5.92 Å². The standard InChI is InChI=1S/C5H9O4P/c1-4(5(6)7)2-3-9-10-8/h4H,2-3H2,1H3,(H,6,7). The lowest BCUT2D eigenvalue weighted by atomic mass is 10.1. The van der Waals surface area contributed by atoms with E-state index in [1.807, 2.05) is 0 Å². The minimum Gasteiger partial charge on any atom is -0.481 e. The van der Waals surface area contributed by atoms with E-state index in [1.165, 1.54) is 0 Å². The molecule has 0 rings (SSSR count). The third-order valence-corrected chi connectivity index (χ3v) is 1.40. The summed E-state index contributed by atoms with van der Waals surface area (Å²) in [6, 6.07) is 0. The van der Waals surface area contributed by atoms with Gasteiger partial charge < -0.3 is 5.11 Å². The van der Waals surface area contributed by atoms with Crippen molar-refractivity contribution in [2.45, 2.75) is 13.3 Å². The third kappa shape index (κ3) is 4.41. The molecule has 0 aliphatic carbocycles. The monoisotopic (exact) mass is 164 g/mol. The maximum Gasteiger partial charge on any atom is 0.327 e. The Morgan fingerprint density at radius 2 is 2.40 bits per heavy atom. The minimum atomic E-state index is -0.855. The summed E-state index contributed by atoms with van der Waals surface area (Å²) in [5.74, 6) is -1.28. The van der Waals surface area contributed by atoms with E-state index in [1.54, 1.807) is 6.92 Å². The summed E-state index contributed by atoms with van der Waals surface area (Å²) >= 11 is 0. The second-order valence-electron chi connectivity index (χ2n) is 1.94. The lowest BCUT2D eigenvalue weighted by Gasteiger charge is -2.01. The first-order chi connectivity index (χ1) is 4.68. The molecule has 0 aromatic heterocycles. The molecule has 10 heavy (non-hydrogen) atoms. The van der Waals surface area contributed by atoms with Gasteiger partial charge in [-0.15, -0.1) is 0 Å². The molecule has 0 spiro atoms. The van der Waals surface area contributed by atoms with Crippen LogP contribution < -0.4 is 0 Å². The number of carbonyl (C=O) groups is 1. The summed E-state index contributed by atoms with van der Waals surface area (Å²) in [4.78, 5) is 10.2. The lowest BCUT2D eigenvalue weighted by molar-refractivity contribution is -0.141. The van der Waals surface area contributed by atoms with E-state index in [2.05, 4.69) is 4.52 Å². The van der Waals surface area contributed by atoms with Gasteiger partial charge in [0.1, 0.15) is 0 Å². The highest BCUT2D eigenvalue weighted by Gasteiger charge is 2.09. The van der Waals surface area contributed by atoms with Crippen LogP contribution >= 0.6 is 8.69 Å². The first-order valence-electron chi connectivity index (χ1n) is 2.86. The van der Waals surface area contributed by atoms with Gasteiger partial charge in [0, 0.05) is 0 Å². The summed E-state index contributed by atoms with van der Waals surface area (Å²) in [7, 11) is -0.390. The molecule has 58 valence electrons. The van der Waals surface area contributed by atoms with Crippen LogP contribution in [0.1, 0.15) is 13.3 Å². The van der Waals surface area contributed by atoms with Crippen LogP contribution in [0, 0.1) is 5.92 Å². The Morgan fingerprint density at radius 1 is 1.80 bits per heavy atom. The molecular formula is C5H9O4P. The van der Waals surface area contributed by atoms with E-state index in [9.17, 15) is 9.36 Å². The number of rotatable bonds is 5. The molecule has 0 saturated heterocycles. The second-order valence-corrected chi connectivity index (χ2v) is 2.34. The Morgan fingerprint density at radius 3 is 2.80 bits per heavy atom. The number of hydrogen-bond donors (Lipinski definition) is 1. The van der Waals surface area contributed by atoms with Gasteiger partial charge >= 0.3 is 14.7 Å². The van der Waals surface area contributed by atoms with Gasteiger partial charge in [-0.25, -0.2) is 4.57 Å². The maximum absolute atomic E-state index is 10.2. The van der Waals surface area contributed by atoms with Crippen LogP contribution in [0.15, 0.2) is 0 Å². The first kappa shape index (κ1) is 9.53. The van der Waals surface area contributed by atoms with Crippen molar-refractivity contribution in [3.8, 4) is 0 Å². The second kappa shape index (κ2) is 5.33. The van der Waals surface area contributed by atoms with E-state index in [0.29, 0.717) is 6.42 Å². The molecule has 1 unspecified atom stereocenters. The molecule has 0 saturated carbocycles. The Kier molecular flexibility index (Phi) is 5.08. The predicted molar refractivity (Wildman–Crippen MR) is 35.0 cm³/mol. The van der Waals surface area contributed by atoms with Gasteiger partial charge in [0.15, 0.2) is 0 Å². The van der Waals surface area contributed by atoms with Gasteiger partial charge in [0.25, 0.3) is 0 Å². The van der Waals surface area contributed by atoms with Crippen LogP contribution in [0.5, 0.6) is 0 Å². The Hall–Kier alpha value is -0.470. The molecule has 0 heterocycles. The van der Waals surface area contributed by atoms with Crippen LogP contribution in [0.4, 0.5) is 0 Å². The molecular weight excluding hydrogens is 155 g/mol. The predicted octanol–water partition coefficient (Wildman–Crippen LogP) is 1.32. The molecule has 0 aromatic rings. The van der Waals surface area contributed by atoms with Gasteiger partial charge in [0.05, 0.1) is 12.5 Å². The number of carboxylic acids is 1. The van der Waals surface area contributed by atoms with Crippen molar-refractivity contribution in [3.05, 3.63) is 0 Å². The van der Waals surface area contributed by atoms with Crippen LogP contribution in [-0.4, -0.2) is 17.7 Å². The summed E-state index contributed by atoms with van der Waals surface area (Å²) in [6.45, 7) is 1.80. The fourth-order valence-electron chi connectivity index (χ4n) is 0.390. The summed E-state index contributed by atoms with van der Waals surface area (Å²) < 4.78 is 14.1. The Labute approximate surface area is 60.5 Å². The molecule has 5 heteroatoms. The Bertz CT molecular complexity index is 125.